The third-order valence-electron chi connectivity index (χ3n) is 5.45. The number of carbonyl (C=O) groups excluding carboxylic acids is 1. The average molecular weight is 411 g/mol. The van der Waals surface area contributed by atoms with Gasteiger partial charge in [-0.25, -0.2) is 4.79 Å². The monoisotopic (exact) mass is 410 g/mol. The lowest BCUT2D eigenvalue weighted by Gasteiger charge is -2.36. The molecule has 3 rings (SSSR count). The zero-order valence-corrected chi connectivity index (χ0v) is 17.0. The highest BCUT2D eigenvalue weighted by Crippen LogP contribution is 2.54. The van der Waals surface area contributed by atoms with E-state index in [1.807, 2.05) is 13.8 Å². The van der Waals surface area contributed by atoms with Crippen LogP contribution in [0.2, 0.25) is 0 Å². The van der Waals surface area contributed by atoms with Crippen LogP contribution in [0, 0.1) is 19.3 Å². The van der Waals surface area contributed by atoms with Crippen molar-refractivity contribution in [2.24, 2.45) is 5.41 Å². The van der Waals surface area contributed by atoms with E-state index >= 15 is 0 Å². The fourth-order valence-corrected chi connectivity index (χ4v) is 4.31. The SMILES string of the molecule is Cc1nc(C)c(C(O)C(=O)OC(C)C)c(N2CCC3(CC2)CC3)c1Br. The Labute approximate surface area is 157 Å². The number of anilines is 1. The standard InChI is InChI=1S/C19H27BrN2O3/c1-11(2)25-18(24)17(23)14-12(3)21-13(4)15(20)16(14)22-9-7-19(5-6-19)8-10-22/h11,17,23H,5-10H2,1-4H3. The average Bonchev–Trinajstić information content (AvgIpc) is 3.29. The van der Waals surface area contributed by atoms with Crippen molar-refractivity contribution in [3.63, 3.8) is 0 Å². The van der Waals surface area contributed by atoms with E-state index in [4.69, 9.17) is 4.74 Å². The molecular formula is C19H27BrN2O3. The molecule has 1 atom stereocenters. The first kappa shape index (κ1) is 18.6. The maximum Gasteiger partial charge on any atom is 0.340 e. The van der Waals surface area contributed by atoms with Crippen LogP contribution in [0.5, 0.6) is 0 Å². The largest absolute Gasteiger partial charge is 0.461 e. The molecule has 25 heavy (non-hydrogen) atoms. The highest BCUT2D eigenvalue weighted by molar-refractivity contribution is 9.10. The summed E-state index contributed by atoms with van der Waals surface area (Å²) in [6, 6.07) is 0. The molecule has 1 N–H and O–H groups in total. The van der Waals surface area contributed by atoms with Gasteiger partial charge in [-0.2, -0.15) is 0 Å². The van der Waals surface area contributed by atoms with Crippen molar-refractivity contribution in [3.8, 4) is 0 Å². The van der Waals surface area contributed by atoms with E-state index < -0.39 is 12.1 Å². The Morgan fingerprint density at radius 2 is 1.80 bits per heavy atom. The molecule has 138 valence electrons. The number of aryl methyl sites for hydroxylation is 2. The van der Waals surface area contributed by atoms with Gasteiger partial charge in [-0.05, 0) is 74.7 Å². The number of esters is 1. The number of aliphatic hydroxyl groups is 1. The van der Waals surface area contributed by atoms with Crippen molar-refractivity contribution in [1.82, 2.24) is 4.98 Å². The van der Waals surface area contributed by atoms with E-state index in [1.165, 1.54) is 25.7 Å². The molecule has 1 unspecified atom stereocenters. The van der Waals surface area contributed by atoms with Crippen LogP contribution < -0.4 is 4.90 Å². The van der Waals surface area contributed by atoms with Gasteiger partial charge < -0.3 is 14.7 Å². The number of aliphatic hydroxyl groups excluding tert-OH is 1. The number of pyridine rings is 1. The molecule has 1 saturated carbocycles. The molecule has 0 amide bonds. The van der Waals surface area contributed by atoms with Crippen molar-refractivity contribution >= 4 is 27.6 Å². The Balaban J connectivity index is 1.96. The third kappa shape index (κ3) is 3.70. The number of rotatable bonds is 4. The number of halogens is 1. The Kier molecular flexibility index (Phi) is 5.13. The first-order chi connectivity index (χ1) is 11.7. The summed E-state index contributed by atoms with van der Waals surface area (Å²) in [6.45, 7) is 9.23. The molecule has 0 bridgehead atoms. The summed E-state index contributed by atoms with van der Waals surface area (Å²) in [7, 11) is 0. The molecule has 2 heterocycles. The maximum atomic E-state index is 12.3. The molecule has 1 spiro atoms. The Hall–Kier alpha value is -1.14. The third-order valence-corrected chi connectivity index (χ3v) is 6.40. The molecule has 1 aliphatic carbocycles. The molecule has 1 aliphatic heterocycles. The molecule has 5 nitrogen and oxygen atoms in total. The van der Waals surface area contributed by atoms with E-state index in [0.29, 0.717) is 16.7 Å². The number of aromatic nitrogens is 1. The number of ether oxygens (including phenoxy) is 1. The molecule has 2 aliphatic rings. The maximum absolute atomic E-state index is 12.3. The van der Waals surface area contributed by atoms with E-state index in [9.17, 15) is 9.90 Å². The second-order valence-corrected chi connectivity index (χ2v) is 8.53. The fraction of sp³-hybridized carbons (Fsp3) is 0.684. The van der Waals surface area contributed by atoms with Gasteiger partial charge >= 0.3 is 5.97 Å². The van der Waals surface area contributed by atoms with Gasteiger partial charge in [-0.3, -0.25) is 4.98 Å². The second kappa shape index (κ2) is 6.88. The van der Waals surface area contributed by atoms with Gasteiger partial charge in [0.2, 0.25) is 0 Å². The minimum atomic E-state index is -1.32. The van der Waals surface area contributed by atoms with Crippen molar-refractivity contribution in [2.45, 2.75) is 65.6 Å². The molecule has 1 aromatic rings. The first-order valence-corrected chi connectivity index (χ1v) is 9.83. The number of carbonyl (C=O) groups is 1. The van der Waals surface area contributed by atoms with Crippen molar-refractivity contribution in [1.29, 1.82) is 0 Å². The minimum absolute atomic E-state index is 0.266. The summed E-state index contributed by atoms with van der Waals surface area (Å²) >= 11 is 3.65. The molecule has 2 fully saturated rings. The molecule has 0 aromatic carbocycles. The molecule has 0 radical (unpaired) electrons. The van der Waals surface area contributed by atoms with E-state index in [1.54, 1.807) is 13.8 Å². The number of nitrogens with zero attached hydrogens (tertiary/aromatic N) is 2. The number of piperidine rings is 1. The lowest BCUT2D eigenvalue weighted by Crippen LogP contribution is -2.36. The predicted molar refractivity (Wildman–Crippen MR) is 101 cm³/mol. The van der Waals surface area contributed by atoms with Crippen molar-refractivity contribution in [2.75, 3.05) is 18.0 Å². The second-order valence-electron chi connectivity index (χ2n) is 7.73. The molecular weight excluding hydrogens is 384 g/mol. The van der Waals surface area contributed by atoms with Gasteiger partial charge in [0.1, 0.15) is 0 Å². The van der Waals surface area contributed by atoms with Crippen molar-refractivity contribution in [3.05, 3.63) is 21.4 Å². The Morgan fingerprint density at radius 3 is 2.32 bits per heavy atom. The van der Waals surface area contributed by atoms with Crippen LogP contribution in [-0.2, 0) is 9.53 Å². The van der Waals surface area contributed by atoms with Crippen LogP contribution in [0.1, 0.15) is 62.6 Å². The van der Waals surface area contributed by atoms with Crippen LogP contribution in [0.25, 0.3) is 0 Å². The van der Waals surface area contributed by atoms with Gasteiger partial charge in [0.05, 0.1) is 22.0 Å². The zero-order valence-electron chi connectivity index (χ0n) is 15.4. The first-order valence-electron chi connectivity index (χ1n) is 9.04. The fourth-order valence-electron chi connectivity index (χ4n) is 3.75. The smallest absolute Gasteiger partial charge is 0.340 e. The highest BCUT2D eigenvalue weighted by atomic mass is 79.9. The van der Waals surface area contributed by atoms with E-state index in [2.05, 4.69) is 25.8 Å². The predicted octanol–water partition coefficient (Wildman–Crippen LogP) is 3.83. The topological polar surface area (TPSA) is 62.7 Å². The minimum Gasteiger partial charge on any atom is -0.461 e. The lowest BCUT2D eigenvalue weighted by atomic mass is 9.92. The Bertz CT molecular complexity index is 676. The summed E-state index contributed by atoms with van der Waals surface area (Å²) in [4.78, 5) is 19.1. The van der Waals surface area contributed by atoms with Gasteiger partial charge in [-0.15, -0.1) is 0 Å². The summed E-state index contributed by atoms with van der Waals surface area (Å²) < 4.78 is 6.08. The van der Waals surface area contributed by atoms with Gasteiger partial charge in [0.15, 0.2) is 6.10 Å². The number of hydrogen-bond donors (Lipinski definition) is 1. The van der Waals surface area contributed by atoms with Crippen LogP contribution in [0.15, 0.2) is 4.47 Å². The van der Waals surface area contributed by atoms with Crippen molar-refractivity contribution < 1.29 is 14.6 Å². The normalized spacial score (nSPS) is 20.0. The van der Waals surface area contributed by atoms with Crippen LogP contribution in [0.3, 0.4) is 0 Å². The number of hydrogen-bond acceptors (Lipinski definition) is 5. The zero-order chi connectivity index (χ0) is 18.4. The summed E-state index contributed by atoms with van der Waals surface area (Å²) in [5.74, 6) is -0.618. The van der Waals surface area contributed by atoms with E-state index in [0.717, 1.165) is 28.9 Å². The van der Waals surface area contributed by atoms with E-state index in [-0.39, 0.29) is 6.10 Å². The summed E-state index contributed by atoms with van der Waals surface area (Å²) in [6.07, 6.45) is 3.44. The Morgan fingerprint density at radius 1 is 1.20 bits per heavy atom. The molecule has 6 heteroatoms. The van der Waals surface area contributed by atoms with Crippen LogP contribution in [-0.4, -0.2) is 35.3 Å². The van der Waals surface area contributed by atoms with Gasteiger partial charge in [0.25, 0.3) is 0 Å². The lowest BCUT2D eigenvalue weighted by molar-refractivity contribution is -0.157. The quantitative estimate of drug-likeness (QED) is 0.764. The summed E-state index contributed by atoms with van der Waals surface area (Å²) in [5.41, 5.74) is 3.57. The van der Waals surface area contributed by atoms with Gasteiger partial charge in [0, 0.05) is 24.3 Å². The highest BCUT2D eigenvalue weighted by Gasteiger charge is 2.45. The van der Waals surface area contributed by atoms with Crippen LogP contribution in [0.4, 0.5) is 5.69 Å². The van der Waals surface area contributed by atoms with Gasteiger partial charge in [-0.1, -0.05) is 0 Å². The molecule has 1 saturated heterocycles. The summed E-state index contributed by atoms with van der Waals surface area (Å²) in [5, 5.41) is 10.7. The van der Waals surface area contributed by atoms with Crippen LogP contribution >= 0.6 is 15.9 Å². The molecule has 1 aromatic heterocycles.